The summed E-state index contributed by atoms with van der Waals surface area (Å²) in [6.07, 6.45) is 2.69. The van der Waals surface area contributed by atoms with E-state index in [9.17, 15) is 39.0 Å². The zero-order valence-corrected chi connectivity index (χ0v) is 21.6. The monoisotopic (exact) mass is 570 g/mol. The lowest BCUT2D eigenvalue weighted by atomic mass is 10.0. The first kappa shape index (κ1) is 30.3. The summed E-state index contributed by atoms with van der Waals surface area (Å²) in [5, 5.41) is 26.7. The molecule has 0 radical (unpaired) electrons. The molecule has 3 aromatic rings. The molecule has 2 aromatic heterocycles. The maximum Gasteiger partial charge on any atom is 0.326 e. The van der Waals surface area contributed by atoms with E-state index in [2.05, 4.69) is 30.9 Å². The fourth-order valence-electron chi connectivity index (χ4n) is 4.06. The molecule has 0 saturated carbocycles. The molecule has 4 unspecified atom stereocenters. The van der Waals surface area contributed by atoms with Crippen molar-refractivity contribution in [3.8, 4) is 0 Å². The van der Waals surface area contributed by atoms with Crippen LogP contribution in [0.5, 0.6) is 0 Å². The van der Waals surface area contributed by atoms with Crippen molar-refractivity contribution in [3.63, 3.8) is 0 Å². The molecule has 2 heterocycles. The number of fused-ring (bicyclic) bond motifs is 1. The number of hydrogen-bond donors (Lipinski definition) is 9. The van der Waals surface area contributed by atoms with Gasteiger partial charge in [0.2, 0.25) is 23.6 Å². The van der Waals surface area contributed by atoms with Gasteiger partial charge in [0.15, 0.2) is 0 Å². The molecule has 3 rings (SSSR count). The van der Waals surface area contributed by atoms with Gasteiger partial charge in [-0.1, -0.05) is 18.2 Å². The molecule has 0 bridgehead atoms. The predicted molar refractivity (Wildman–Crippen MR) is 142 cm³/mol. The summed E-state index contributed by atoms with van der Waals surface area (Å²) in [5.74, 6) is -6.60. The van der Waals surface area contributed by atoms with Crippen LogP contribution in [0.2, 0.25) is 0 Å². The molecule has 4 amide bonds. The average molecular weight is 571 g/mol. The van der Waals surface area contributed by atoms with Gasteiger partial charge < -0.3 is 47.6 Å². The number of carbonyl (C=O) groups is 6. The van der Waals surface area contributed by atoms with Crippen LogP contribution in [0.3, 0.4) is 0 Å². The van der Waals surface area contributed by atoms with Crippen molar-refractivity contribution in [1.82, 2.24) is 30.9 Å². The first-order valence-corrected chi connectivity index (χ1v) is 12.4. The molecule has 16 heteroatoms. The number of imidazole rings is 1. The Hall–Kier alpha value is -5.25. The molecule has 4 atom stereocenters. The van der Waals surface area contributed by atoms with E-state index in [1.54, 1.807) is 30.5 Å². The molecule has 0 aliphatic rings. The highest BCUT2D eigenvalue weighted by molar-refractivity contribution is 5.97. The van der Waals surface area contributed by atoms with E-state index >= 15 is 0 Å². The summed E-state index contributed by atoms with van der Waals surface area (Å²) in [4.78, 5) is 83.0. The highest BCUT2D eigenvalue weighted by Gasteiger charge is 2.32. The van der Waals surface area contributed by atoms with Gasteiger partial charge >= 0.3 is 11.9 Å². The summed E-state index contributed by atoms with van der Waals surface area (Å²) in [5.41, 5.74) is 12.4. The van der Waals surface area contributed by atoms with Gasteiger partial charge in [0, 0.05) is 41.8 Å². The number of amides is 4. The van der Waals surface area contributed by atoms with Crippen molar-refractivity contribution >= 4 is 46.5 Å². The standard InChI is InChI=1S/C25H30N8O8/c26-15(7-20(27)34)22(37)31-18(8-21(35)36)24(39)32-17(5-12-9-29-16-4-2-1-3-14(12)16)23(38)33-19(25(40)41)6-13-10-28-11-30-13/h1-4,9-11,15,17-19,29H,5-8,26H2,(H2,27,34)(H,28,30)(H,31,37)(H,32,39)(H,33,38)(H,35,36)(H,40,41). The Morgan fingerprint density at radius 2 is 1.51 bits per heavy atom. The number of primary amides is 1. The van der Waals surface area contributed by atoms with E-state index in [1.807, 2.05) is 0 Å². The number of H-pyrrole nitrogens is 2. The summed E-state index contributed by atoms with van der Waals surface area (Å²) in [6.45, 7) is 0. The lowest BCUT2D eigenvalue weighted by molar-refractivity contribution is -0.143. The van der Waals surface area contributed by atoms with Crippen LogP contribution >= 0.6 is 0 Å². The molecule has 16 nitrogen and oxygen atoms in total. The Morgan fingerprint density at radius 1 is 0.854 bits per heavy atom. The number of rotatable bonds is 15. The lowest BCUT2D eigenvalue weighted by Crippen LogP contribution is -2.58. The Morgan fingerprint density at radius 3 is 2.15 bits per heavy atom. The fourth-order valence-corrected chi connectivity index (χ4v) is 4.06. The van der Waals surface area contributed by atoms with Gasteiger partial charge in [-0.3, -0.25) is 24.0 Å². The van der Waals surface area contributed by atoms with E-state index in [-0.39, 0.29) is 12.8 Å². The largest absolute Gasteiger partial charge is 0.481 e. The molecule has 41 heavy (non-hydrogen) atoms. The minimum atomic E-state index is -1.68. The number of aromatic amines is 2. The fraction of sp³-hybridized carbons (Fsp3) is 0.320. The number of para-hydroxylation sites is 1. The lowest BCUT2D eigenvalue weighted by Gasteiger charge is -2.24. The topological polar surface area (TPSA) is 275 Å². The number of benzene rings is 1. The zero-order chi connectivity index (χ0) is 30.1. The number of aromatic nitrogens is 3. The van der Waals surface area contributed by atoms with Gasteiger partial charge in [-0.15, -0.1) is 0 Å². The van der Waals surface area contributed by atoms with E-state index < -0.39 is 72.6 Å². The van der Waals surface area contributed by atoms with Crippen molar-refractivity contribution in [1.29, 1.82) is 0 Å². The third kappa shape index (κ3) is 8.62. The minimum Gasteiger partial charge on any atom is -0.481 e. The summed E-state index contributed by atoms with van der Waals surface area (Å²) >= 11 is 0. The molecule has 0 aliphatic heterocycles. The Balaban J connectivity index is 1.86. The highest BCUT2D eigenvalue weighted by atomic mass is 16.4. The smallest absolute Gasteiger partial charge is 0.326 e. The number of carboxylic acids is 2. The molecule has 0 saturated heterocycles. The quantitative estimate of drug-likeness (QED) is 0.0959. The van der Waals surface area contributed by atoms with Gasteiger partial charge in [0.1, 0.15) is 18.1 Å². The second-order valence-electron chi connectivity index (χ2n) is 9.24. The van der Waals surface area contributed by atoms with Crippen LogP contribution in [-0.4, -0.2) is 84.9 Å². The van der Waals surface area contributed by atoms with E-state index in [0.717, 1.165) is 10.9 Å². The van der Waals surface area contributed by atoms with Crippen LogP contribution in [0.1, 0.15) is 24.1 Å². The minimum absolute atomic E-state index is 0.118. The van der Waals surface area contributed by atoms with E-state index in [1.165, 1.54) is 12.5 Å². The number of carbonyl (C=O) groups excluding carboxylic acids is 4. The third-order valence-electron chi connectivity index (χ3n) is 6.10. The van der Waals surface area contributed by atoms with Crippen molar-refractivity contribution in [2.75, 3.05) is 0 Å². The third-order valence-corrected chi connectivity index (χ3v) is 6.10. The van der Waals surface area contributed by atoms with Crippen molar-refractivity contribution in [2.24, 2.45) is 11.5 Å². The number of nitrogens with two attached hydrogens (primary N) is 2. The maximum atomic E-state index is 13.4. The van der Waals surface area contributed by atoms with Crippen molar-refractivity contribution in [2.45, 2.75) is 49.9 Å². The van der Waals surface area contributed by atoms with E-state index in [4.69, 9.17) is 11.5 Å². The van der Waals surface area contributed by atoms with Gasteiger partial charge in [-0.05, 0) is 11.6 Å². The van der Waals surface area contributed by atoms with Crippen LogP contribution in [0.15, 0.2) is 43.0 Å². The van der Waals surface area contributed by atoms with Gasteiger partial charge in [0.25, 0.3) is 0 Å². The maximum absolute atomic E-state index is 13.4. The first-order valence-electron chi connectivity index (χ1n) is 12.4. The van der Waals surface area contributed by atoms with Crippen molar-refractivity contribution in [3.05, 3.63) is 54.2 Å². The van der Waals surface area contributed by atoms with Crippen LogP contribution in [-0.2, 0) is 41.6 Å². The van der Waals surface area contributed by atoms with Crippen LogP contribution in [0.4, 0.5) is 0 Å². The highest BCUT2D eigenvalue weighted by Crippen LogP contribution is 2.19. The molecule has 0 spiro atoms. The van der Waals surface area contributed by atoms with Gasteiger partial charge in [0.05, 0.1) is 25.2 Å². The number of nitrogens with zero attached hydrogens (tertiary/aromatic N) is 1. The normalized spacial score (nSPS) is 13.9. The Kier molecular flexibility index (Phi) is 10.1. The molecule has 11 N–H and O–H groups in total. The summed E-state index contributed by atoms with van der Waals surface area (Å²) < 4.78 is 0. The van der Waals surface area contributed by atoms with Crippen LogP contribution in [0.25, 0.3) is 10.9 Å². The predicted octanol–water partition coefficient (Wildman–Crippen LogP) is -2.11. The summed E-state index contributed by atoms with van der Waals surface area (Å²) in [6, 6.07) is 1.23. The second-order valence-corrected chi connectivity index (χ2v) is 9.24. The van der Waals surface area contributed by atoms with Crippen LogP contribution in [0, 0.1) is 0 Å². The second kappa shape index (κ2) is 13.7. The molecular formula is C25H30N8O8. The SMILES string of the molecule is NC(=O)CC(N)C(=O)NC(CC(=O)O)C(=O)NC(Cc1c[nH]c2ccccc12)C(=O)NC(Cc1cnc[nH]1)C(=O)O. The van der Waals surface area contributed by atoms with Gasteiger partial charge in [-0.2, -0.15) is 0 Å². The molecule has 0 aliphatic carbocycles. The molecular weight excluding hydrogens is 540 g/mol. The molecule has 0 fully saturated rings. The van der Waals surface area contributed by atoms with Crippen molar-refractivity contribution < 1.29 is 39.0 Å². The number of nitrogens with one attached hydrogen (secondary N) is 5. The van der Waals surface area contributed by atoms with Crippen LogP contribution < -0.4 is 27.4 Å². The molecule has 1 aromatic carbocycles. The van der Waals surface area contributed by atoms with E-state index in [0.29, 0.717) is 11.3 Å². The summed E-state index contributed by atoms with van der Waals surface area (Å²) in [7, 11) is 0. The number of aliphatic carboxylic acids is 2. The Bertz CT molecular complexity index is 1420. The number of hydrogen-bond acceptors (Lipinski definition) is 8. The first-order chi connectivity index (χ1) is 19.4. The Labute approximate surface area is 232 Å². The molecule has 218 valence electrons. The number of carboxylic acid groups (broad SMARTS) is 2. The zero-order valence-electron chi connectivity index (χ0n) is 21.6. The van der Waals surface area contributed by atoms with Gasteiger partial charge in [-0.25, -0.2) is 9.78 Å². The average Bonchev–Trinajstić information content (AvgIpc) is 3.56.